The highest BCUT2D eigenvalue weighted by atomic mass is 32.2. The third-order valence-electron chi connectivity index (χ3n) is 3.49. The van der Waals surface area contributed by atoms with E-state index in [1.807, 2.05) is 13.0 Å². The summed E-state index contributed by atoms with van der Waals surface area (Å²) in [6.07, 6.45) is 3.73. The summed E-state index contributed by atoms with van der Waals surface area (Å²) in [5.41, 5.74) is 6.52. The van der Waals surface area contributed by atoms with Gasteiger partial charge in [0.05, 0.1) is 5.75 Å². The predicted molar refractivity (Wildman–Crippen MR) is 82.6 cm³/mol. The maximum atomic E-state index is 5.41. The first-order valence-corrected chi connectivity index (χ1v) is 7.79. The van der Waals surface area contributed by atoms with Gasteiger partial charge in [-0.05, 0) is 49.4 Å². The molecule has 1 aliphatic carbocycles. The Kier molecular flexibility index (Phi) is 3.89. The van der Waals surface area contributed by atoms with Gasteiger partial charge in [-0.25, -0.2) is 15.8 Å². The molecule has 1 aromatic heterocycles. The minimum atomic E-state index is 0.669. The average Bonchev–Trinajstić information content (AvgIpc) is 2.92. The van der Waals surface area contributed by atoms with Crippen LogP contribution in [0.4, 0.5) is 5.82 Å². The lowest BCUT2D eigenvalue weighted by Gasteiger charge is -2.06. The van der Waals surface area contributed by atoms with Crippen molar-refractivity contribution in [3.05, 3.63) is 46.9 Å². The van der Waals surface area contributed by atoms with E-state index >= 15 is 0 Å². The van der Waals surface area contributed by atoms with E-state index < -0.39 is 0 Å². The second-order valence-corrected chi connectivity index (χ2v) is 6.08. The summed E-state index contributed by atoms with van der Waals surface area (Å²) in [6, 6.07) is 8.61. The molecule has 0 saturated heterocycles. The van der Waals surface area contributed by atoms with Crippen LogP contribution in [0.1, 0.15) is 29.1 Å². The van der Waals surface area contributed by atoms with Crippen LogP contribution in [0, 0.1) is 6.92 Å². The maximum absolute atomic E-state index is 5.41. The summed E-state index contributed by atoms with van der Waals surface area (Å²) in [5, 5.41) is 0. The van der Waals surface area contributed by atoms with Gasteiger partial charge in [-0.2, -0.15) is 0 Å². The molecule has 4 nitrogen and oxygen atoms in total. The fraction of sp³-hybridized carbons (Fsp3) is 0.333. The summed E-state index contributed by atoms with van der Waals surface area (Å²) >= 11 is 1.77. The number of hydrazine groups is 1. The largest absolute Gasteiger partial charge is 0.308 e. The van der Waals surface area contributed by atoms with Crippen LogP contribution in [-0.2, 0) is 18.6 Å². The Hall–Kier alpha value is -1.59. The van der Waals surface area contributed by atoms with Crippen LogP contribution in [0.3, 0.4) is 0 Å². The van der Waals surface area contributed by atoms with Crippen LogP contribution >= 0.6 is 11.8 Å². The molecule has 0 spiro atoms. The molecule has 0 fully saturated rings. The van der Waals surface area contributed by atoms with Crippen molar-refractivity contribution in [1.82, 2.24) is 9.97 Å². The van der Waals surface area contributed by atoms with Gasteiger partial charge in [0.2, 0.25) is 0 Å². The fourth-order valence-electron chi connectivity index (χ4n) is 2.55. The Morgan fingerprint density at radius 2 is 2.05 bits per heavy atom. The number of nitrogens with two attached hydrogens (primary N) is 1. The van der Waals surface area contributed by atoms with E-state index in [0.29, 0.717) is 5.82 Å². The normalized spacial score (nSPS) is 13.3. The Balaban J connectivity index is 1.71. The standard InChI is InChI=1S/C15H18N4S/c1-10-7-14(19-16)18-15(17-10)9-20-13-6-5-11-3-2-4-12(11)8-13/h5-8H,2-4,9,16H2,1H3,(H,17,18,19). The lowest BCUT2D eigenvalue weighted by atomic mass is 10.1. The number of nitrogen functional groups attached to an aromatic ring is 1. The van der Waals surface area contributed by atoms with E-state index in [0.717, 1.165) is 17.3 Å². The van der Waals surface area contributed by atoms with Crippen LogP contribution in [0.25, 0.3) is 0 Å². The highest BCUT2D eigenvalue weighted by Crippen LogP contribution is 2.29. The smallest absolute Gasteiger partial charge is 0.143 e. The van der Waals surface area contributed by atoms with Gasteiger partial charge in [-0.3, -0.25) is 0 Å². The zero-order chi connectivity index (χ0) is 13.9. The van der Waals surface area contributed by atoms with E-state index in [4.69, 9.17) is 5.84 Å². The van der Waals surface area contributed by atoms with Crippen molar-refractivity contribution >= 4 is 17.6 Å². The lowest BCUT2D eigenvalue weighted by molar-refractivity contribution is 0.911. The highest BCUT2D eigenvalue weighted by Gasteiger charge is 2.11. The molecule has 0 aliphatic heterocycles. The quantitative estimate of drug-likeness (QED) is 0.514. The Morgan fingerprint density at radius 1 is 1.20 bits per heavy atom. The van der Waals surface area contributed by atoms with Crippen molar-refractivity contribution in [3.63, 3.8) is 0 Å². The lowest BCUT2D eigenvalue weighted by Crippen LogP contribution is -2.10. The number of nitrogens with one attached hydrogen (secondary N) is 1. The van der Waals surface area contributed by atoms with Crippen LogP contribution in [0.5, 0.6) is 0 Å². The first-order valence-electron chi connectivity index (χ1n) is 6.80. The first kappa shape index (κ1) is 13.4. The van der Waals surface area contributed by atoms with E-state index in [-0.39, 0.29) is 0 Å². The summed E-state index contributed by atoms with van der Waals surface area (Å²) in [7, 11) is 0. The zero-order valence-electron chi connectivity index (χ0n) is 11.5. The molecule has 0 amide bonds. The Labute approximate surface area is 123 Å². The molecule has 3 rings (SSSR count). The number of nitrogens with zero attached hydrogens (tertiary/aromatic N) is 2. The number of benzene rings is 1. The Morgan fingerprint density at radius 3 is 2.90 bits per heavy atom. The summed E-state index contributed by atoms with van der Waals surface area (Å²) in [4.78, 5) is 10.1. The van der Waals surface area contributed by atoms with Crippen molar-refractivity contribution in [2.45, 2.75) is 36.8 Å². The number of rotatable bonds is 4. The third-order valence-corrected chi connectivity index (χ3v) is 4.48. The molecule has 0 radical (unpaired) electrons. The van der Waals surface area contributed by atoms with E-state index in [1.165, 1.54) is 35.3 Å². The number of fused-ring (bicyclic) bond motifs is 1. The number of hydrogen-bond acceptors (Lipinski definition) is 5. The number of anilines is 1. The molecule has 104 valence electrons. The van der Waals surface area contributed by atoms with Gasteiger partial charge in [0.15, 0.2) is 0 Å². The van der Waals surface area contributed by atoms with Gasteiger partial charge in [0.25, 0.3) is 0 Å². The van der Waals surface area contributed by atoms with Crippen molar-refractivity contribution in [2.24, 2.45) is 5.84 Å². The van der Waals surface area contributed by atoms with Crippen molar-refractivity contribution < 1.29 is 0 Å². The third kappa shape index (κ3) is 2.94. The number of hydrogen-bond donors (Lipinski definition) is 2. The molecule has 1 aliphatic rings. The van der Waals surface area contributed by atoms with Gasteiger partial charge in [0, 0.05) is 16.7 Å². The molecule has 20 heavy (non-hydrogen) atoms. The van der Waals surface area contributed by atoms with Crippen molar-refractivity contribution in [3.8, 4) is 0 Å². The monoisotopic (exact) mass is 286 g/mol. The second kappa shape index (κ2) is 5.81. The minimum Gasteiger partial charge on any atom is -0.308 e. The van der Waals surface area contributed by atoms with Gasteiger partial charge in [-0.15, -0.1) is 11.8 Å². The van der Waals surface area contributed by atoms with Crippen LogP contribution in [0.15, 0.2) is 29.2 Å². The van der Waals surface area contributed by atoms with Crippen LogP contribution in [0.2, 0.25) is 0 Å². The molecule has 1 aromatic carbocycles. The molecular formula is C15H18N4S. The minimum absolute atomic E-state index is 0.669. The topological polar surface area (TPSA) is 63.8 Å². The summed E-state index contributed by atoms with van der Waals surface area (Å²) in [5.74, 6) is 7.65. The zero-order valence-corrected chi connectivity index (χ0v) is 12.3. The summed E-state index contributed by atoms with van der Waals surface area (Å²) in [6.45, 7) is 1.95. The van der Waals surface area contributed by atoms with E-state index in [9.17, 15) is 0 Å². The molecular weight excluding hydrogens is 268 g/mol. The van der Waals surface area contributed by atoms with Gasteiger partial charge in [-0.1, -0.05) is 6.07 Å². The highest BCUT2D eigenvalue weighted by molar-refractivity contribution is 7.98. The molecule has 0 atom stereocenters. The van der Waals surface area contributed by atoms with Crippen LogP contribution < -0.4 is 11.3 Å². The fourth-order valence-corrected chi connectivity index (χ4v) is 3.37. The molecule has 3 N–H and O–H groups in total. The van der Waals surface area contributed by atoms with Crippen molar-refractivity contribution in [2.75, 3.05) is 5.43 Å². The van der Waals surface area contributed by atoms with E-state index in [1.54, 1.807) is 11.8 Å². The van der Waals surface area contributed by atoms with E-state index in [2.05, 4.69) is 33.6 Å². The number of aryl methyl sites for hydroxylation is 3. The van der Waals surface area contributed by atoms with Gasteiger partial charge < -0.3 is 5.43 Å². The van der Waals surface area contributed by atoms with Gasteiger partial charge in [0.1, 0.15) is 11.6 Å². The average molecular weight is 286 g/mol. The maximum Gasteiger partial charge on any atom is 0.143 e. The second-order valence-electron chi connectivity index (χ2n) is 5.03. The number of aromatic nitrogens is 2. The van der Waals surface area contributed by atoms with Gasteiger partial charge >= 0.3 is 0 Å². The van der Waals surface area contributed by atoms with Crippen molar-refractivity contribution in [1.29, 1.82) is 0 Å². The molecule has 0 saturated carbocycles. The molecule has 0 bridgehead atoms. The first-order chi connectivity index (χ1) is 9.74. The molecule has 5 heteroatoms. The number of thioether (sulfide) groups is 1. The summed E-state index contributed by atoms with van der Waals surface area (Å²) < 4.78 is 0. The SMILES string of the molecule is Cc1cc(NN)nc(CSc2ccc3c(c2)CCC3)n1. The Bertz CT molecular complexity index is 627. The predicted octanol–water partition coefficient (Wildman–Crippen LogP) is 2.85. The molecule has 2 aromatic rings. The molecule has 1 heterocycles. The molecule has 0 unspecified atom stereocenters. The van der Waals surface area contributed by atoms with Crippen LogP contribution in [-0.4, -0.2) is 9.97 Å².